The monoisotopic (exact) mass is 498 g/mol. The Labute approximate surface area is 209 Å². The molecule has 2 unspecified atom stereocenters. The number of carbonyl (C=O) groups excluding carboxylic acids is 1. The molecule has 4 heterocycles. The highest BCUT2D eigenvalue weighted by atomic mass is 32.2. The fraction of sp³-hybridized carbons (Fsp3) is 0.520. The number of morpholine rings is 1. The van der Waals surface area contributed by atoms with Crippen molar-refractivity contribution in [1.29, 1.82) is 0 Å². The molecule has 1 saturated carbocycles. The Kier molecular flexibility index (Phi) is 6.52. The van der Waals surface area contributed by atoms with Crippen LogP contribution in [0.25, 0.3) is 11.7 Å². The van der Waals surface area contributed by atoms with Gasteiger partial charge in [-0.05, 0) is 51.3 Å². The number of carbonyl (C=O) groups is 1. The average Bonchev–Trinajstić information content (AvgIpc) is 3.08. The third kappa shape index (κ3) is 4.41. The topological polar surface area (TPSA) is 67.2 Å². The summed E-state index contributed by atoms with van der Waals surface area (Å²) in [5.74, 6) is 0.504. The van der Waals surface area contributed by atoms with Crippen molar-refractivity contribution in [3.8, 4) is 0 Å². The van der Waals surface area contributed by atoms with Crippen LogP contribution in [0.1, 0.15) is 57.1 Å². The zero-order valence-electron chi connectivity index (χ0n) is 19.8. The van der Waals surface area contributed by atoms with Crippen molar-refractivity contribution in [2.75, 3.05) is 18.0 Å². The summed E-state index contributed by atoms with van der Waals surface area (Å²) in [4.78, 5) is 36.4. The van der Waals surface area contributed by atoms with E-state index in [4.69, 9.17) is 21.9 Å². The van der Waals surface area contributed by atoms with E-state index < -0.39 is 0 Å². The fourth-order valence-electron chi connectivity index (χ4n) is 5.23. The Morgan fingerprint density at radius 3 is 2.53 bits per heavy atom. The lowest BCUT2D eigenvalue weighted by molar-refractivity contribution is -0.124. The molecule has 180 valence electrons. The summed E-state index contributed by atoms with van der Waals surface area (Å²) in [7, 11) is 0. The molecule has 3 aliphatic rings. The fourth-order valence-corrected chi connectivity index (χ4v) is 6.61. The predicted octanol–water partition coefficient (Wildman–Crippen LogP) is 4.15. The van der Waals surface area contributed by atoms with Crippen LogP contribution in [-0.4, -0.2) is 55.9 Å². The summed E-state index contributed by atoms with van der Waals surface area (Å²) < 4.78 is 8.06. The van der Waals surface area contributed by atoms with Crippen LogP contribution in [0.2, 0.25) is 0 Å². The summed E-state index contributed by atoms with van der Waals surface area (Å²) in [6, 6.07) is 3.97. The van der Waals surface area contributed by atoms with Gasteiger partial charge in [-0.2, -0.15) is 0 Å². The zero-order valence-corrected chi connectivity index (χ0v) is 21.5. The van der Waals surface area contributed by atoms with Crippen molar-refractivity contribution in [2.45, 2.75) is 71.1 Å². The smallest absolute Gasteiger partial charge is 0.267 e. The standard InChI is InChI=1S/C25H30N4O3S2/c1-15-9-10-21-26-22(27-13-16(2)32-17(3)14-27)19(23(30)28(21)12-15)11-20-24(31)29(25(33)34-20)18-7-5-4-6-8-18/h9-12,16-18H,4-8,13-14H2,1-3H3. The van der Waals surface area contributed by atoms with Gasteiger partial charge in [-0.3, -0.25) is 18.9 Å². The van der Waals surface area contributed by atoms with E-state index in [9.17, 15) is 9.59 Å². The summed E-state index contributed by atoms with van der Waals surface area (Å²) >= 11 is 6.90. The quantitative estimate of drug-likeness (QED) is 0.465. The van der Waals surface area contributed by atoms with E-state index in [2.05, 4.69) is 4.90 Å². The molecule has 34 heavy (non-hydrogen) atoms. The SMILES string of the molecule is Cc1ccc2nc(N3CC(C)OC(C)C3)c(C=C3SC(=S)N(C4CCCCC4)C3=O)c(=O)n2c1. The number of thiocarbonyl (C=S) groups is 1. The number of hydrogen-bond donors (Lipinski definition) is 0. The molecule has 0 spiro atoms. The molecule has 2 aliphatic heterocycles. The maximum absolute atomic E-state index is 13.7. The third-order valence-electron chi connectivity index (χ3n) is 6.74. The van der Waals surface area contributed by atoms with Gasteiger partial charge in [0.15, 0.2) is 0 Å². The first kappa shape index (κ1) is 23.5. The second-order valence-electron chi connectivity index (χ2n) is 9.59. The molecule has 1 aliphatic carbocycles. The first-order chi connectivity index (χ1) is 16.3. The van der Waals surface area contributed by atoms with Crippen LogP contribution in [0.4, 0.5) is 5.82 Å². The van der Waals surface area contributed by atoms with Crippen molar-refractivity contribution in [2.24, 2.45) is 0 Å². The van der Waals surface area contributed by atoms with Gasteiger partial charge in [0, 0.05) is 25.3 Å². The van der Waals surface area contributed by atoms with Gasteiger partial charge in [0.1, 0.15) is 15.8 Å². The number of ether oxygens (including phenoxy) is 1. The highest BCUT2D eigenvalue weighted by Gasteiger charge is 2.38. The van der Waals surface area contributed by atoms with E-state index >= 15 is 0 Å². The Morgan fingerprint density at radius 1 is 1.12 bits per heavy atom. The number of anilines is 1. The molecule has 0 radical (unpaired) electrons. The van der Waals surface area contributed by atoms with Gasteiger partial charge < -0.3 is 9.64 Å². The van der Waals surface area contributed by atoms with Crippen LogP contribution in [0.15, 0.2) is 28.0 Å². The number of amides is 1. The minimum absolute atomic E-state index is 0.0133. The maximum atomic E-state index is 13.7. The lowest BCUT2D eigenvalue weighted by Crippen LogP contribution is -2.46. The van der Waals surface area contributed by atoms with Gasteiger partial charge in [0.25, 0.3) is 11.5 Å². The molecule has 1 amide bonds. The van der Waals surface area contributed by atoms with E-state index in [-0.39, 0.29) is 29.7 Å². The van der Waals surface area contributed by atoms with Crippen LogP contribution < -0.4 is 10.5 Å². The number of nitrogens with zero attached hydrogens (tertiary/aromatic N) is 4. The molecular formula is C25H30N4O3S2. The minimum Gasteiger partial charge on any atom is -0.372 e. The largest absolute Gasteiger partial charge is 0.372 e. The Morgan fingerprint density at radius 2 is 1.82 bits per heavy atom. The van der Waals surface area contributed by atoms with Crippen molar-refractivity contribution >= 4 is 51.7 Å². The lowest BCUT2D eigenvalue weighted by Gasteiger charge is -2.36. The van der Waals surface area contributed by atoms with Crippen LogP contribution in [0.3, 0.4) is 0 Å². The molecule has 3 fully saturated rings. The number of aryl methyl sites for hydroxylation is 1. The Hall–Kier alpha value is -2.23. The highest BCUT2D eigenvalue weighted by molar-refractivity contribution is 8.26. The number of thioether (sulfide) groups is 1. The molecular weight excluding hydrogens is 468 g/mol. The second kappa shape index (κ2) is 9.43. The molecule has 2 aromatic heterocycles. The molecule has 2 saturated heterocycles. The van der Waals surface area contributed by atoms with Gasteiger partial charge in [-0.15, -0.1) is 0 Å². The molecule has 0 bridgehead atoms. The van der Waals surface area contributed by atoms with Gasteiger partial charge in [-0.25, -0.2) is 4.98 Å². The molecule has 5 rings (SSSR count). The van der Waals surface area contributed by atoms with Crippen molar-refractivity contribution in [3.05, 3.63) is 44.7 Å². The van der Waals surface area contributed by atoms with E-state index in [0.29, 0.717) is 39.3 Å². The van der Waals surface area contributed by atoms with E-state index in [0.717, 1.165) is 31.2 Å². The van der Waals surface area contributed by atoms with Crippen molar-refractivity contribution in [1.82, 2.24) is 14.3 Å². The number of hydrogen-bond acceptors (Lipinski definition) is 7. The van der Waals surface area contributed by atoms with Crippen LogP contribution >= 0.6 is 24.0 Å². The first-order valence-electron chi connectivity index (χ1n) is 12.0. The number of rotatable bonds is 3. The van der Waals surface area contributed by atoms with Gasteiger partial charge >= 0.3 is 0 Å². The maximum Gasteiger partial charge on any atom is 0.267 e. The van der Waals surface area contributed by atoms with Crippen LogP contribution in [-0.2, 0) is 9.53 Å². The lowest BCUT2D eigenvalue weighted by atomic mass is 9.94. The highest BCUT2D eigenvalue weighted by Crippen LogP contribution is 2.38. The van der Waals surface area contributed by atoms with Crippen LogP contribution in [0, 0.1) is 6.92 Å². The van der Waals surface area contributed by atoms with E-state index in [1.807, 2.05) is 32.9 Å². The summed E-state index contributed by atoms with van der Waals surface area (Å²) in [5, 5.41) is 0. The zero-order chi connectivity index (χ0) is 24.0. The number of aromatic nitrogens is 2. The molecule has 9 heteroatoms. The molecule has 7 nitrogen and oxygen atoms in total. The summed E-state index contributed by atoms with van der Waals surface area (Å²) in [5.41, 5.74) is 1.80. The molecule has 0 N–H and O–H groups in total. The van der Waals surface area contributed by atoms with Crippen molar-refractivity contribution in [3.63, 3.8) is 0 Å². The van der Waals surface area contributed by atoms with Gasteiger partial charge in [-0.1, -0.05) is 49.3 Å². The van der Waals surface area contributed by atoms with Crippen LogP contribution in [0.5, 0.6) is 0 Å². The second-order valence-corrected chi connectivity index (χ2v) is 11.3. The van der Waals surface area contributed by atoms with E-state index in [1.165, 1.54) is 18.2 Å². The molecule has 2 atom stereocenters. The summed E-state index contributed by atoms with van der Waals surface area (Å²) in [6.07, 6.45) is 8.94. The predicted molar refractivity (Wildman–Crippen MR) is 140 cm³/mol. The van der Waals surface area contributed by atoms with E-state index in [1.54, 1.807) is 21.6 Å². The Bertz CT molecular complexity index is 1220. The van der Waals surface area contributed by atoms with Gasteiger partial charge in [0.2, 0.25) is 0 Å². The average molecular weight is 499 g/mol. The number of pyridine rings is 1. The molecule has 0 aromatic carbocycles. The van der Waals surface area contributed by atoms with Crippen molar-refractivity contribution < 1.29 is 9.53 Å². The Balaban J connectivity index is 1.61. The van der Waals surface area contributed by atoms with Gasteiger partial charge in [0.05, 0.1) is 22.7 Å². The normalized spacial score (nSPS) is 25.7. The first-order valence-corrected chi connectivity index (χ1v) is 13.2. The molecule has 2 aromatic rings. The summed E-state index contributed by atoms with van der Waals surface area (Å²) in [6.45, 7) is 7.25. The third-order valence-corrected chi connectivity index (χ3v) is 8.07. The number of fused-ring (bicyclic) bond motifs is 1. The minimum atomic E-state index is -0.182.